The molecule has 19 heavy (non-hydrogen) atoms. The average Bonchev–Trinajstić information content (AvgIpc) is 2.41. The molecule has 0 bridgehead atoms. The lowest BCUT2D eigenvalue weighted by Gasteiger charge is -2.21. The van der Waals surface area contributed by atoms with Crippen molar-refractivity contribution in [1.29, 1.82) is 0 Å². The zero-order valence-electron chi connectivity index (χ0n) is 11.9. The average molecular weight is 271 g/mol. The third-order valence-electron chi connectivity index (χ3n) is 3.24. The molecule has 0 fully saturated rings. The van der Waals surface area contributed by atoms with Crippen molar-refractivity contribution in [3.63, 3.8) is 0 Å². The van der Waals surface area contributed by atoms with E-state index in [1.165, 1.54) is 12.1 Å². The number of methoxy groups -OCH3 is 1. The monoisotopic (exact) mass is 271 g/mol. The van der Waals surface area contributed by atoms with E-state index in [0.29, 0.717) is 5.56 Å². The summed E-state index contributed by atoms with van der Waals surface area (Å²) in [7, 11) is 1.65. The van der Waals surface area contributed by atoms with Gasteiger partial charge in [0.25, 0.3) is 0 Å². The fraction of sp³-hybridized carbons (Fsp3) is 0.600. The van der Waals surface area contributed by atoms with Crippen LogP contribution in [0.1, 0.15) is 44.7 Å². The Morgan fingerprint density at radius 3 is 2.63 bits per heavy atom. The summed E-state index contributed by atoms with van der Waals surface area (Å²) in [6, 6.07) is 3.44. The molecular weight excluding hydrogens is 248 g/mol. The summed E-state index contributed by atoms with van der Waals surface area (Å²) in [6.45, 7) is 4.80. The molecule has 2 atom stereocenters. The Balaban J connectivity index is 2.79. The van der Waals surface area contributed by atoms with E-state index in [1.807, 2.05) is 13.8 Å². The van der Waals surface area contributed by atoms with Gasteiger partial charge in [0, 0.05) is 18.7 Å². The Labute approximate surface area is 114 Å². The van der Waals surface area contributed by atoms with Crippen LogP contribution in [0.5, 0.6) is 0 Å². The minimum Gasteiger partial charge on any atom is -0.382 e. The number of nitrogens with one attached hydrogen (secondary N) is 1. The first-order chi connectivity index (χ1) is 9.08. The number of hydrogen-bond acceptors (Lipinski definition) is 2. The van der Waals surface area contributed by atoms with E-state index in [4.69, 9.17) is 4.74 Å². The van der Waals surface area contributed by atoms with Gasteiger partial charge in [-0.25, -0.2) is 8.78 Å². The summed E-state index contributed by atoms with van der Waals surface area (Å²) in [6.07, 6.45) is 2.58. The van der Waals surface area contributed by atoms with Crippen LogP contribution in [0, 0.1) is 11.6 Å². The largest absolute Gasteiger partial charge is 0.382 e. The smallest absolute Gasteiger partial charge is 0.128 e. The molecule has 0 heterocycles. The van der Waals surface area contributed by atoms with Crippen LogP contribution in [-0.4, -0.2) is 19.8 Å². The third kappa shape index (κ3) is 5.25. The van der Waals surface area contributed by atoms with Crippen molar-refractivity contribution in [2.75, 3.05) is 13.7 Å². The normalized spacial score (nSPS) is 14.4. The van der Waals surface area contributed by atoms with Gasteiger partial charge in [-0.3, -0.25) is 0 Å². The molecule has 0 aromatic heterocycles. The first kappa shape index (κ1) is 16.1. The third-order valence-corrected chi connectivity index (χ3v) is 3.24. The van der Waals surface area contributed by atoms with E-state index in [9.17, 15) is 8.78 Å². The molecule has 0 saturated carbocycles. The molecular formula is C15H23F2NO. The molecule has 2 nitrogen and oxygen atoms in total. The highest BCUT2D eigenvalue weighted by molar-refractivity contribution is 5.22. The standard InChI is InChI=1S/C15H23F2NO/c1-4-9-18-15(8-5-11(2)19-3)13-10-12(16)6-7-14(13)17/h6-7,10-11,15,18H,4-5,8-9H2,1-3H3. The van der Waals surface area contributed by atoms with Gasteiger partial charge in [0.2, 0.25) is 0 Å². The summed E-state index contributed by atoms with van der Waals surface area (Å²) < 4.78 is 32.3. The molecule has 0 aliphatic heterocycles. The predicted molar refractivity (Wildman–Crippen MR) is 73.1 cm³/mol. The fourth-order valence-electron chi connectivity index (χ4n) is 1.99. The fourth-order valence-corrected chi connectivity index (χ4v) is 1.99. The van der Waals surface area contributed by atoms with Crippen molar-refractivity contribution < 1.29 is 13.5 Å². The van der Waals surface area contributed by atoms with Crippen molar-refractivity contribution in [1.82, 2.24) is 5.32 Å². The van der Waals surface area contributed by atoms with Gasteiger partial charge in [-0.15, -0.1) is 0 Å². The lowest BCUT2D eigenvalue weighted by atomic mass is 9.99. The molecule has 1 aromatic rings. The molecule has 1 rings (SSSR count). The van der Waals surface area contributed by atoms with Crippen LogP contribution in [0.2, 0.25) is 0 Å². The second-order valence-corrected chi connectivity index (χ2v) is 4.80. The predicted octanol–water partition coefficient (Wildman–Crippen LogP) is 3.82. The van der Waals surface area contributed by atoms with Gasteiger partial charge in [-0.1, -0.05) is 6.92 Å². The quantitative estimate of drug-likeness (QED) is 0.776. The zero-order chi connectivity index (χ0) is 14.3. The van der Waals surface area contributed by atoms with Crippen molar-refractivity contribution in [2.45, 2.75) is 45.3 Å². The van der Waals surface area contributed by atoms with Crippen LogP contribution >= 0.6 is 0 Å². The second-order valence-electron chi connectivity index (χ2n) is 4.80. The number of halogens is 2. The van der Waals surface area contributed by atoms with E-state index < -0.39 is 5.82 Å². The van der Waals surface area contributed by atoms with Crippen LogP contribution in [-0.2, 0) is 4.74 Å². The minimum atomic E-state index is -0.403. The van der Waals surface area contributed by atoms with Crippen molar-refractivity contribution >= 4 is 0 Å². The molecule has 0 amide bonds. The summed E-state index contributed by atoms with van der Waals surface area (Å²) in [4.78, 5) is 0. The van der Waals surface area contributed by atoms with Gasteiger partial charge < -0.3 is 10.1 Å². The van der Waals surface area contributed by atoms with E-state index in [0.717, 1.165) is 31.9 Å². The summed E-state index contributed by atoms with van der Waals surface area (Å²) >= 11 is 0. The molecule has 0 saturated heterocycles. The maximum Gasteiger partial charge on any atom is 0.128 e. The van der Waals surface area contributed by atoms with Gasteiger partial charge in [0.1, 0.15) is 11.6 Å². The summed E-state index contributed by atoms with van der Waals surface area (Å²) in [5, 5.41) is 3.27. The van der Waals surface area contributed by atoms with Crippen molar-refractivity contribution in [2.24, 2.45) is 0 Å². The topological polar surface area (TPSA) is 21.3 Å². The molecule has 0 radical (unpaired) electrons. The highest BCUT2D eigenvalue weighted by Crippen LogP contribution is 2.23. The van der Waals surface area contributed by atoms with E-state index in [2.05, 4.69) is 5.32 Å². The van der Waals surface area contributed by atoms with Gasteiger partial charge in [-0.05, 0) is 50.9 Å². The minimum absolute atomic E-state index is 0.113. The molecule has 0 aliphatic carbocycles. The van der Waals surface area contributed by atoms with Crippen LogP contribution < -0.4 is 5.32 Å². The maximum absolute atomic E-state index is 13.8. The highest BCUT2D eigenvalue weighted by Gasteiger charge is 2.17. The van der Waals surface area contributed by atoms with Crippen molar-refractivity contribution in [3.8, 4) is 0 Å². The van der Waals surface area contributed by atoms with Crippen LogP contribution in [0.3, 0.4) is 0 Å². The Bertz CT molecular complexity index is 384. The van der Waals surface area contributed by atoms with Crippen LogP contribution in [0.4, 0.5) is 8.78 Å². The molecule has 0 aliphatic rings. The number of ether oxygens (including phenoxy) is 1. The van der Waals surface area contributed by atoms with E-state index in [1.54, 1.807) is 7.11 Å². The lowest BCUT2D eigenvalue weighted by molar-refractivity contribution is 0.106. The van der Waals surface area contributed by atoms with Crippen LogP contribution in [0.25, 0.3) is 0 Å². The van der Waals surface area contributed by atoms with E-state index >= 15 is 0 Å². The Morgan fingerprint density at radius 2 is 2.00 bits per heavy atom. The second kappa shape index (κ2) is 8.23. The van der Waals surface area contributed by atoms with Crippen LogP contribution in [0.15, 0.2) is 18.2 Å². The molecule has 1 N–H and O–H groups in total. The zero-order valence-corrected chi connectivity index (χ0v) is 11.9. The van der Waals surface area contributed by atoms with Gasteiger partial charge in [0.05, 0.1) is 6.10 Å². The first-order valence-corrected chi connectivity index (χ1v) is 6.79. The summed E-state index contributed by atoms with van der Waals surface area (Å²) in [5.41, 5.74) is 0.400. The Morgan fingerprint density at radius 1 is 1.26 bits per heavy atom. The molecule has 1 aromatic carbocycles. The number of benzene rings is 1. The molecule has 0 spiro atoms. The van der Waals surface area contributed by atoms with Gasteiger partial charge in [0.15, 0.2) is 0 Å². The van der Waals surface area contributed by atoms with E-state index in [-0.39, 0.29) is 18.0 Å². The molecule has 108 valence electrons. The Kier molecular flexibility index (Phi) is 6.95. The van der Waals surface area contributed by atoms with Crippen molar-refractivity contribution in [3.05, 3.63) is 35.4 Å². The molecule has 4 heteroatoms. The SMILES string of the molecule is CCCNC(CCC(C)OC)c1cc(F)ccc1F. The number of hydrogen-bond donors (Lipinski definition) is 1. The van der Waals surface area contributed by atoms with Gasteiger partial charge in [-0.2, -0.15) is 0 Å². The highest BCUT2D eigenvalue weighted by atomic mass is 19.1. The lowest BCUT2D eigenvalue weighted by Crippen LogP contribution is -2.24. The Hall–Kier alpha value is -1.00. The summed E-state index contributed by atoms with van der Waals surface area (Å²) in [5.74, 6) is -0.764. The first-order valence-electron chi connectivity index (χ1n) is 6.79. The molecule has 2 unspecified atom stereocenters. The maximum atomic E-state index is 13.8. The van der Waals surface area contributed by atoms with Gasteiger partial charge >= 0.3 is 0 Å². The number of rotatable bonds is 8.